The highest BCUT2D eigenvalue weighted by Gasteiger charge is 2.35. The van der Waals surface area contributed by atoms with Crippen LogP contribution in [0.15, 0.2) is 18.5 Å². The molecule has 0 saturated heterocycles. The molecular formula is C16H17F4N7O. The molecule has 1 fully saturated rings. The second-order valence-corrected chi connectivity index (χ2v) is 6.71. The molecular weight excluding hydrogens is 382 g/mol. The first kappa shape index (κ1) is 18.4. The zero-order valence-corrected chi connectivity index (χ0v) is 14.6. The second kappa shape index (κ2) is 7.24. The quantitative estimate of drug-likeness (QED) is 0.614. The monoisotopic (exact) mass is 399 g/mol. The van der Waals surface area contributed by atoms with Crippen molar-refractivity contribution in [3.05, 3.63) is 18.5 Å². The Morgan fingerprint density at radius 1 is 1.25 bits per heavy atom. The predicted molar refractivity (Wildman–Crippen MR) is 90.7 cm³/mol. The van der Waals surface area contributed by atoms with Crippen molar-refractivity contribution >= 4 is 22.8 Å². The third-order valence-corrected chi connectivity index (χ3v) is 4.64. The molecule has 28 heavy (non-hydrogen) atoms. The number of halogens is 4. The first-order valence-corrected chi connectivity index (χ1v) is 8.72. The molecule has 0 unspecified atom stereocenters. The zero-order valence-electron chi connectivity index (χ0n) is 14.6. The van der Waals surface area contributed by atoms with E-state index in [0.29, 0.717) is 36.4 Å². The standard InChI is InChI=1S/C16H17F4N7O/c17-15(18)28-13-5-11(25-26-13)23-12-7-21-10-6-22-27(14(10)24-12)8-9-1-3-16(19,20)4-2-9/h5-7,9,15H,1-4,8H2,(H2,23,24,25,26). The molecule has 4 rings (SSSR count). The fourth-order valence-corrected chi connectivity index (χ4v) is 3.23. The van der Waals surface area contributed by atoms with Crippen LogP contribution in [0.4, 0.5) is 29.2 Å². The van der Waals surface area contributed by atoms with Crippen molar-refractivity contribution in [3.63, 3.8) is 0 Å². The van der Waals surface area contributed by atoms with Gasteiger partial charge in [0.1, 0.15) is 5.52 Å². The number of rotatable bonds is 6. The molecule has 0 aromatic carbocycles. The summed E-state index contributed by atoms with van der Waals surface area (Å²) in [6.45, 7) is -2.48. The number of aromatic amines is 1. The Hall–Kier alpha value is -2.92. The Morgan fingerprint density at radius 2 is 2.04 bits per heavy atom. The van der Waals surface area contributed by atoms with E-state index in [2.05, 4.69) is 35.3 Å². The summed E-state index contributed by atoms with van der Waals surface area (Å²) in [6, 6.07) is 1.26. The number of H-pyrrole nitrogens is 1. The number of hydrogen-bond donors (Lipinski definition) is 2. The molecule has 1 aliphatic rings. The molecule has 0 spiro atoms. The largest absolute Gasteiger partial charge is 0.417 e. The number of aromatic nitrogens is 6. The maximum Gasteiger partial charge on any atom is 0.388 e. The van der Waals surface area contributed by atoms with Gasteiger partial charge in [-0.3, -0.25) is 0 Å². The summed E-state index contributed by atoms with van der Waals surface area (Å²) in [5.41, 5.74) is 1.07. The van der Waals surface area contributed by atoms with E-state index in [-0.39, 0.29) is 30.5 Å². The molecule has 0 atom stereocenters. The van der Waals surface area contributed by atoms with Gasteiger partial charge in [-0.25, -0.2) is 28.5 Å². The van der Waals surface area contributed by atoms with Crippen LogP contribution < -0.4 is 10.1 Å². The van der Waals surface area contributed by atoms with E-state index in [1.807, 2.05) is 0 Å². The van der Waals surface area contributed by atoms with E-state index < -0.39 is 12.5 Å². The van der Waals surface area contributed by atoms with E-state index in [0.717, 1.165) is 0 Å². The van der Waals surface area contributed by atoms with Gasteiger partial charge in [-0.05, 0) is 18.8 Å². The maximum atomic E-state index is 13.3. The number of anilines is 2. The molecule has 0 amide bonds. The molecule has 0 aliphatic heterocycles. The number of fused-ring (bicyclic) bond motifs is 1. The Labute approximate surface area is 156 Å². The lowest BCUT2D eigenvalue weighted by atomic mass is 9.87. The van der Waals surface area contributed by atoms with Gasteiger partial charge in [-0.1, -0.05) is 0 Å². The molecule has 150 valence electrons. The number of ether oxygens (including phenoxy) is 1. The van der Waals surface area contributed by atoms with Crippen molar-refractivity contribution in [3.8, 4) is 5.88 Å². The van der Waals surface area contributed by atoms with Crippen molar-refractivity contribution in [2.45, 2.75) is 44.8 Å². The van der Waals surface area contributed by atoms with Crippen LogP contribution in [0.2, 0.25) is 0 Å². The van der Waals surface area contributed by atoms with Gasteiger partial charge in [-0.2, -0.15) is 19.0 Å². The smallest absolute Gasteiger partial charge is 0.388 e. The molecule has 0 bridgehead atoms. The van der Waals surface area contributed by atoms with Gasteiger partial charge in [0, 0.05) is 25.5 Å². The lowest BCUT2D eigenvalue weighted by Gasteiger charge is -2.28. The highest BCUT2D eigenvalue weighted by atomic mass is 19.3. The zero-order chi connectivity index (χ0) is 19.7. The van der Waals surface area contributed by atoms with Crippen LogP contribution in [0.3, 0.4) is 0 Å². The van der Waals surface area contributed by atoms with Crippen LogP contribution in [0.5, 0.6) is 5.88 Å². The van der Waals surface area contributed by atoms with Gasteiger partial charge in [0.2, 0.25) is 11.8 Å². The highest BCUT2D eigenvalue weighted by Crippen LogP contribution is 2.36. The number of nitrogens with one attached hydrogen (secondary N) is 2. The van der Waals surface area contributed by atoms with Crippen molar-refractivity contribution in [2.24, 2.45) is 5.92 Å². The van der Waals surface area contributed by atoms with Crippen LogP contribution in [-0.2, 0) is 6.54 Å². The first-order valence-electron chi connectivity index (χ1n) is 8.72. The minimum absolute atomic E-state index is 0.0986. The third-order valence-electron chi connectivity index (χ3n) is 4.64. The summed E-state index contributed by atoms with van der Waals surface area (Å²) in [5, 5.41) is 13.2. The first-order chi connectivity index (χ1) is 13.4. The van der Waals surface area contributed by atoms with Crippen LogP contribution in [0, 0.1) is 5.92 Å². The molecule has 2 N–H and O–H groups in total. The molecule has 3 heterocycles. The summed E-state index contributed by atoms with van der Waals surface area (Å²) < 4.78 is 56.9. The van der Waals surface area contributed by atoms with Crippen LogP contribution in [0.25, 0.3) is 11.2 Å². The number of nitrogens with zero attached hydrogens (tertiary/aromatic N) is 5. The average Bonchev–Trinajstić information content (AvgIpc) is 3.23. The Morgan fingerprint density at radius 3 is 2.79 bits per heavy atom. The molecule has 8 nitrogen and oxygen atoms in total. The summed E-state index contributed by atoms with van der Waals surface area (Å²) >= 11 is 0. The summed E-state index contributed by atoms with van der Waals surface area (Å²) in [4.78, 5) is 8.68. The van der Waals surface area contributed by atoms with E-state index in [4.69, 9.17) is 0 Å². The SMILES string of the molecule is FC(F)Oc1cc(Nc2cnc3cnn(CC4CCC(F)(F)CC4)c3n2)n[nH]1. The molecule has 3 aromatic heterocycles. The van der Waals surface area contributed by atoms with E-state index in [1.165, 1.54) is 12.3 Å². The second-order valence-electron chi connectivity index (χ2n) is 6.71. The van der Waals surface area contributed by atoms with Crippen LogP contribution >= 0.6 is 0 Å². The van der Waals surface area contributed by atoms with Gasteiger partial charge in [0.15, 0.2) is 17.3 Å². The molecule has 1 saturated carbocycles. The summed E-state index contributed by atoms with van der Waals surface area (Å²) in [7, 11) is 0. The van der Waals surface area contributed by atoms with Crippen molar-refractivity contribution in [1.29, 1.82) is 0 Å². The van der Waals surface area contributed by atoms with E-state index >= 15 is 0 Å². The van der Waals surface area contributed by atoms with Crippen LogP contribution in [-0.4, -0.2) is 42.5 Å². The Balaban J connectivity index is 1.47. The van der Waals surface area contributed by atoms with Gasteiger partial charge >= 0.3 is 6.61 Å². The predicted octanol–water partition coefficient (Wildman–Crippen LogP) is 3.72. The van der Waals surface area contributed by atoms with E-state index in [1.54, 1.807) is 10.9 Å². The van der Waals surface area contributed by atoms with Gasteiger partial charge in [0.05, 0.1) is 12.4 Å². The number of alkyl halides is 4. The minimum atomic E-state index is -2.96. The van der Waals surface area contributed by atoms with Crippen LogP contribution in [0.1, 0.15) is 25.7 Å². The molecule has 1 aliphatic carbocycles. The van der Waals surface area contributed by atoms with Crippen molar-refractivity contribution in [2.75, 3.05) is 5.32 Å². The average molecular weight is 399 g/mol. The maximum absolute atomic E-state index is 13.3. The van der Waals surface area contributed by atoms with Crippen molar-refractivity contribution in [1.82, 2.24) is 29.9 Å². The normalized spacial score (nSPS) is 17.3. The topological polar surface area (TPSA) is 93.5 Å². The van der Waals surface area contributed by atoms with Gasteiger partial charge in [0.25, 0.3) is 0 Å². The lowest BCUT2D eigenvalue weighted by Crippen LogP contribution is -2.27. The number of hydrogen-bond acceptors (Lipinski definition) is 6. The van der Waals surface area contributed by atoms with Crippen molar-refractivity contribution < 1.29 is 22.3 Å². The highest BCUT2D eigenvalue weighted by molar-refractivity contribution is 5.71. The molecule has 12 heteroatoms. The Kier molecular flexibility index (Phi) is 4.77. The molecule has 3 aromatic rings. The fourth-order valence-electron chi connectivity index (χ4n) is 3.23. The summed E-state index contributed by atoms with van der Waals surface area (Å²) in [6.07, 6.45) is 3.65. The van der Waals surface area contributed by atoms with E-state index in [9.17, 15) is 17.6 Å². The van der Waals surface area contributed by atoms with Gasteiger partial charge in [-0.15, -0.1) is 0 Å². The third kappa shape index (κ3) is 4.15. The molecule has 0 radical (unpaired) electrons. The minimum Gasteiger partial charge on any atom is -0.417 e. The fraction of sp³-hybridized carbons (Fsp3) is 0.500. The summed E-state index contributed by atoms with van der Waals surface area (Å²) in [5.74, 6) is -2.10. The Bertz CT molecular complexity index is 948. The lowest BCUT2D eigenvalue weighted by molar-refractivity contribution is -0.0529. The van der Waals surface area contributed by atoms with Gasteiger partial charge < -0.3 is 10.1 Å².